The van der Waals surface area contributed by atoms with Gasteiger partial charge in [-0.15, -0.1) is 0 Å². The molecule has 2 N–H and O–H groups in total. The Labute approximate surface area is 97.4 Å². The standard InChI is InChI=1S/C13H10O4/c14-11(9-5-2-1-3-6-9)13(16)12(15)10-7-4-8-17-10/h1-8,15-16H/b13-12+. The maximum atomic E-state index is 11.8. The summed E-state index contributed by atoms with van der Waals surface area (Å²) in [5.74, 6) is -1.90. The van der Waals surface area contributed by atoms with Gasteiger partial charge in [0.15, 0.2) is 5.76 Å². The Morgan fingerprint density at radius 1 is 1.00 bits per heavy atom. The quantitative estimate of drug-likeness (QED) is 0.483. The van der Waals surface area contributed by atoms with E-state index < -0.39 is 17.3 Å². The molecule has 0 saturated heterocycles. The highest BCUT2D eigenvalue weighted by Gasteiger charge is 2.18. The van der Waals surface area contributed by atoms with Gasteiger partial charge in [-0.3, -0.25) is 4.79 Å². The second kappa shape index (κ2) is 4.57. The van der Waals surface area contributed by atoms with E-state index in [1.54, 1.807) is 36.4 Å². The number of aliphatic hydroxyl groups is 2. The van der Waals surface area contributed by atoms with Crippen LogP contribution in [0.25, 0.3) is 5.76 Å². The van der Waals surface area contributed by atoms with E-state index in [9.17, 15) is 15.0 Å². The molecule has 0 unspecified atom stereocenters. The Balaban J connectivity index is 2.35. The summed E-state index contributed by atoms with van der Waals surface area (Å²) >= 11 is 0. The topological polar surface area (TPSA) is 70.7 Å². The summed E-state index contributed by atoms with van der Waals surface area (Å²) in [5, 5.41) is 19.3. The molecule has 4 nitrogen and oxygen atoms in total. The fraction of sp³-hybridized carbons (Fsp3) is 0. The number of rotatable bonds is 3. The van der Waals surface area contributed by atoms with E-state index >= 15 is 0 Å². The summed E-state index contributed by atoms with van der Waals surface area (Å²) in [6.07, 6.45) is 1.34. The van der Waals surface area contributed by atoms with Crippen LogP contribution in [0.4, 0.5) is 0 Å². The van der Waals surface area contributed by atoms with Crippen LogP contribution < -0.4 is 0 Å². The minimum Gasteiger partial charge on any atom is -0.502 e. The fourth-order valence-electron chi connectivity index (χ4n) is 1.36. The predicted octanol–water partition coefficient (Wildman–Crippen LogP) is 2.95. The molecule has 0 aliphatic carbocycles. The van der Waals surface area contributed by atoms with Crippen molar-refractivity contribution in [2.45, 2.75) is 0 Å². The number of furan rings is 1. The van der Waals surface area contributed by atoms with Crippen molar-refractivity contribution in [3.05, 3.63) is 65.8 Å². The Bertz CT molecular complexity index is 538. The monoisotopic (exact) mass is 230 g/mol. The van der Waals surface area contributed by atoms with Gasteiger partial charge >= 0.3 is 0 Å². The lowest BCUT2D eigenvalue weighted by Gasteiger charge is -2.02. The summed E-state index contributed by atoms with van der Waals surface area (Å²) in [7, 11) is 0. The molecule has 0 spiro atoms. The van der Waals surface area contributed by atoms with Crippen LogP contribution in [0.1, 0.15) is 16.1 Å². The van der Waals surface area contributed by atoms with Gasteiger partial charge in [0.05, 0.1) is 6.26 Å². The average Bonchev–Trinajstić information content (AvgIpc) is 2.91. The van der Waals surface area contributed by atoms with Crippen LogP contribution in [0.2, 0.25) is 0 Å². The number of carbonyl (C=O) groups is 1. The van der Waals surface area contributed by atoms with Crippen molar-refractivity contribution in [2.75, 3.05) is 0 Å². The van der Waals surface area contributed by atoms with Crippen molar-refractivity contribution in [2.24, 2.45) is 0 Å². The number of Topliss-reactive ketones (excluding diaryl/α,β-unsaturated/α-hetero) is 1. The highest BCUT2D eigenvalue weighted by molar-refractivity contribution is 6.10. The molecule has 0 aliphatic rings. The summed E-state index contributed by atoms with van der Waals surface area (Å²) < 4.78 is 4.88. The highest BCUT2D eigenvalue weighted by atomic mass is 16.4. The zero-order valence-corrected chi connectivity index (χ0v) is 8.83. The molecule has 2 aromatic rings. The molecule has 2 rings (SSSR count). The highest BCUT2D eigenvalue weighted by Crippen LogP contribution is 2.17. The Morgan fingerprint density at radius 2 is 1.71 bits per heavy atom. The van der Waals surface area contributed by atoms with Gasteiger partial charge in [-0.25, -0.2) is 0 Å². The van der Waals surface area contributed by atoms with Crippen molar-refractivity contribution < 1.29 is 19.4 Å². The van der Waals surface area contributed by atoms with Crippen molar-refractivity contribution in [1.29, 1.82) is 0 Å². The molecule has 1 heterocycles. The molecular formula is C13H10O4. The van der Waals surface area contributed by atoms with Crippen LogP contribution in [0.5, 0.6) is 0 Å². The number of benzene rings is 1. The maximum Gasteiger partial charge on any atom is 0.231 e. The van der Waals surface area contributed by atoms with E-state index in [4.69, 9.17) is 4.42 Å². The first-order valence-corrected chi connectivity index (χ1v) is 4.96. The minimum absolute atomic E-state index is 0.0479. The number of carbonyl (C=O) groups excluding carboxylic acids is 1. The molecule has 4 heteroatoms. The fourth-order valence-corrected chi connectivity index (χ4v) is 1.36. The zero-order valence-electron chi connectivity index (χ0n) is 8.83. The zero-order chi connectivity index (χ0) is 12.3. The van der Waals surface area contributed by atoms with Crippen LogP contribution in [-0.4, -0.2) is 16.0 Å². The smallest absolute Gasteiger partial charge is 0.231 e. The summed E-state index contributed by atoms with van der Waals surface area (Å²) in [4.78, 5) is 11.8. The van der Waals surface area contributed by atoms with Crippen LogP contribution in [-0.2, 0) is 0 Å². The Morgan fingerprint density at radius 3 is 2.29 bits per heavy atom. The average molecular weight is 230 g/mol. The molecule has 0 radical (unpaired) electrons. The second-order valence-corrected chi connectivity index (χ2v) is 3.37. The van der Waals surface area contributed by atoms with Gasteiger partial charge in [-0.1, -0.05) is 30.3 Å². The van der Waals surface area contributed by atoms with Gasteiger partial charge in [0.25, 0.3) is 0 Å². The first kappa shape index (κ1) is 11.0. The number of hydrogen-bond donors (Lipinski definition) is 2. The molecule has 0 saturated carbocycles. The SMILES string of the molecule is O=C(/C(O)=C(\O)c1ccco1)c1ccccc1. The number of ketones is 1. The lowest BCUT2D eigenvalue weighted by molar-refractivity contribution is 0.0974. The number of allylic oxidation sites excluding steroid dienone is 1. The van der Waals surface area contributed by atoms with Gasteiger partial charge < -0.3 is 14.6 Å². The van der Waals surface area contributed by atoms with Crippen molar-refractivity contribution in [3.8, 4) is 0 Å². The number of aliphatic hydroxyl groups excluding tert-OH is 2. The largest absolute Gasteiger partial charge is 0.502 e. The van der Waals surface area contributed by atoms with Gasteiger partial charge in [-0.05, 0) is 12.1 Å². The van der Waals surface area contributed by atoms with E-state index in [-0.39, 0.29) is 5.76 Å². The molecule has 0 fully saturated rings. The van der Waals surface area contributed by atoms with Crippen molar-refractivity contribution in [1.82, 2.24) is 0 Å². The molecule has 1 aromatic carbocycles. The molecule has 1 aromatic heterocycles. The van der Waals surface area contributed by atoms with Crippen LogP contribution in [0.3, 0.4) is 0 Å². The summed E-state index contributed by atoms with van der Waals surface area (Å²) in [6.45, 7) is 0. The van der Waals surface area contributed by atoms with E-state index in [1.165, 1.54) is 12.3 Å². The van der Waals surface area contributed by atoms with Crippen LogP contribution in [0.15, 0.2) is 58.9 Å². The first-order valence-electron chi connectivity index (χ1n) is 4.96. The lowest BCUT2D eigenvalue weighted by Crippen LogP contribution is -2.05. The summed E-state index contributed by atoms with van der Waals surface area (Å²) in [6, 6.07) is 11.2. The van der Waals surface area contributed by atoms with Crippen LogP contribution >= 0.6 is 0 Å². The molecule has 86 valence electrons. The minimum atomic E-state index is -0.730. The van der Waals surface area contributed by atoms with E-state index in [0.29, 0.717) is 5.56 Å². The first-order chi connectivity index (χ1) is 8.20. The maximum absolute atomic E-state index is 11.8. The lowest BCUT2D eigenvalue weighted by atomic mass is 10.1. The van der Waals surface area contributed by atoms with Gasteiger partial charge in [0, 0.05) is 5.56 Å². The van der Waals surface area contributed by atoms with Crippen molar-refractivity contribution >= 4 is 11.5 Å². The van der Waals surface area contributed by atoms with Gasteiger partial charge in [0.2, 0.25) is 17.3 Å². The third-order valence-electron chi connectivity index (χ3n) is 2.23. The van der Waals surface area contributed by atoms with E-state index in [2.05, 4.69) is 0 Å². The van der Waals surface area contributed by atoms with Gasteiger partial charge in [0.1, 0.15) is 0 Å². The van der Waals surface area contributed by atoms with Crippen molar-refractivity contribution in [3.63, 3.8) is 0 Å². The third-order valence-corrected chi connectivity index (χ3v) is 2.23. The third kappa shape index (κ3) is 2.20. The molecule has 0 aliphatic heterocycles. The van der Waals surface area contributed by atoms with E-state index in [1.807, 2.05) is 0 Å². The normalized spacial score (nSPS) is 12.0. The predicted molar refractivity (Wildman–Crippen MR) is 61.7 cm³/mol. The second-order valence-electron chi connectivity index (χ2n) is 3.37. The number of hydrogen-bond acceptors (Lipinski definition) is 4. The van der Waals surface area contributed by atoms with Gasteiger partial charge in [-0.2, -0.15) is 0 Å². The molecule has 0 bridgehead atoms. The molecular weight excluding hydrogens is 220 g/mol. The van der Waals surface area contributed by atoms with E-state index in [0.717, 1.165) is 0 Å². The summed E-state index contributed by atoms with van der Waals surface area (Å²) in [5.41, 5.74) is 0.295. The molecule has 0 amide bonds. The Hall–Kier alpha value is -2.49. The molecule has 0 atom stereocenters. The van der Waals surface area contributed by atoms with Crippen LogP contribution in [0, 0.1) is 0 Å². The molecule has 17 heavy (non-hydrogen) atoms. The Kier molecular flexibility index (Phi) is 2.96.